The van der Waals surface area contributed by atoms with Crippen molar-refractivity contribution in [1.29, 1.82) is 0 Å². The molecule has 86 valence electrons. The molecule has 0 aliphatic rings. The Balaban J connectivity index is 1.85. The molecule has 15 heavy (non-hydrogen) atoms. The van der Waals surface area contributed by atoms with E-state index in [1.807, 2.05) is 0 Å². The second-order valence-corrected chi connectivity index (χ2v) is 5.10. The largest absolute Gasteiger partial charge is 0.360 e. The van der Waals surface area contributed by atoms with Crippen molar-refractivity contribution < 1.29 is 0 Å². The monoisotopic (exact) mass is 227 g/mol. The average molecular weight is 227 g/mol. The topological polar surface area (TPSA) is 37.8 Å². The fourth-order valence-corrected chi connectivity index (χ4v) is 1.95. The first-order valence-corrected chi connectivity index (χ1v) is 6.67. The molecule has 1 rings (SSSR count). The van der Waals surface area contributed by atoms with Gasteiger partial charge in [0, 0.05) is 6.54 Å². The predicted octanol–water partition coefficient (Wildman–Crippen LogP) is 3.56. The number of unbranched alkanes of at least 4 members (excludes halogenated alkanes) is 3. The van der Waals surface area contributed by atoms with Crippen LogP contribution in [0, 0.1) is 5.92 Å². The first kappa shape index (κ1) is 12.4. The van der Waals surface area contributed by atoms with Crippen LogP contribution >= 0.6 is 11.3 Å². The molecule has 0 saturated carbocycles. The molecule has 0 bridgehead atoms. The van der Waals surface area contributed by atoms with Crippen molar-refractivity contribution in [2.75, 3.05) is 11.9 Å². The number of nitrogens with one attached hydrogen (secondary N) is 1. The molecule has 0 aliphatic carbocycles. The molecule has 0 unspecified atom stereocenters. The van der Waals surface area contributed by atoms with Crippen molar-refractivity contribution in [1.82, 2.24) is 10.2 Å². The van der Waals surface area contributed by atoms with E-state index >= 15 is 0 Å². The molecule has 4 heteroatoms. The maximum Gasteiger partial charge on any atom is 0.205 e. The molecule has 1 N–H and O–H groups in total. The normalized spacial score (nSPS) is 10.9. The van der Waals surface area contributed by atoms with E-state index in [0.717, 1.165) is 17.6 Å². The van der Waals surface area contributed by atoms with Crippen LogP contribution in [-0.4, -0.2) is 16.7 Å². The maximum atomic E-state index is 3.93. The van der Waals surface area contributed by atoms with Crippen molar-refractivity contribution in [3.05, 3.63) is 5.51 Å². The van der Waals surface area contributed by atoms with Crippen molar-refractivity contribution in [3.8, 4) is 0 Å². The quantitative estimate of drug-likeness (QED) is 0.690. The van der Waals surface area contributed by atoms with Gasteiger partial charge in [-0.1, -0.05) is 50.9 Å². The maximum absolute atomic E-state index is 3.93. The summed E-state index contributed by atoms with van der Waals surface area (Å²) in [4.78, 5) is 0. The van der Waals surface area contributed by atoms with Gasteiger partial charge in [-0.3, -0.25) is 0 Å². The summed E-state index contributed by atoms with van der Waals surface area (Å²) in [5, 5.41) is 11.9. The molecule has 1 heterocycles. The van der Waals surface area contributed by atoms with Crippen LogP contribution in [-0.2, 0) is 0 Å². The number of nitrogens with zero attached hydrogens (tertiary/aromatic N) is 2. The van der Waals surface area contributed by atoms with Gasteiger partial charge in [0.2, 0.25) is 5.13 Å². The highest BCUT2D eigenvalue weighted by Crippen LogP contribution is 2.11. The van der Waals surface area contributed by atoms with Gasteiger partial charge in [0.25, 0.3) is 0 Å². The molecular weight excluding hydrogens is 206 g/mol. The van der Waals surface area contributed by atoms with Gasteiger partial charge in [-0.25, -0.2) is 0 Å². The minimum absolute atomic E-state index is 0.851. The summed E-state index contributed by atoms with van der Waals surface area (Å²) in [6.07, 6.45) is 6.65. The standard InChI is InChI=1S/C11H21N3S/c1-10(2)7-5-3-4-6-8-12-11-14-13-9-15-11/h9-10H,3-8H2,1-2H3,(H,12,14). The van der Waals surface area contributed by atoms with Gasteiger partial charge >= 0.3 is 0 Å². The Bertz CT molecular complexity index is 234. The third-order valence-electron chi connectivity index (χ3n) is 2.34. The SMILES string of the molecule is CC(C)CCCCCCNc1nncs1. The van der Waals surface area contributed by atoms with Crippen LogP contribution in [0.3, 0.4) is 0 Å². The lowest BCUT2D eigenvalue weighted by atomic mass is 10.0. The summed E-state index contributed by atoms with van der Waals surface area (Å²) < 4.78 is 0. The Labute approximate surface area is 96.3 Å². The highest BCUT2D eigenvalue weighted by Gasteiger charge is 1.96. The summed E-state index contributed by atoms with van der Waals surface area (Å²) in [6.45, 7) is 5.60. The summed E-state index contributed by atoms with van der Waals surface area (Å²) in [6, 6.07) is 0. The molecule has 0 aliphatic heterocycles. The van der Waals surface area contributed by atoms with Gasteiger partial charge in [0.1, 0.15) is 5.51 Å². The Morgan fingerprint density at radius 2 is 2.07 bits per heavy atom. The Morgan fingerprint density at radius 3 is 2.73 bits per heavy atom. The van der Waals surface area contributed by atoms with Gasteiger partial charge in [-0.05, 0) is 12.3 Å². The lowest BCUT2D eigenvalue weighted by Gasteiger charge is -2.04. The average Bonchev–Trinajstić information content (AvgIpc) is 2.68. The van der Waals surface area contributed by atoms with Crippen molar-refractivity contribution in [2.24, 2.45) is 5.92 Å². The van der Waals surface area contributed by atoms with Crippen LogP contribution in [0.15, 0.2) is 5.51 Å². The zero-order valence-corrected chi connectivity index (χ0v) is 10.5. The second-order valence-electron chi connectivity index (χ2n) is 4.27. The van der Waals surface area contributed by atoms with Crippen molar-refractivity contribution >= 4 is 16.5 Å². The lowest BCUT2D eigenvalue weighted by molar-refractivity contribution is 0.523. The Morgan fingerprint density at radius 1 is 1.27 bits per heavy atom. The second kappa shape index (κ2) is 7.63. The third-order valence-corrected chi connectivity index (χ3v) is 2.99. The number of hydrogen-bond acceptors (Lipinski definition) is 4. The first-order chi connectivity index (χ1) is 7.29. The summed E-state index contributed by atoms with van der Waals surface area (Å²) >= 11 is 1.56. The third kappa shape index (κ3) is 6.44. The van der Waals surface area contributed by atoms with E-state index in [2.05, 4.69) is 29.4 Å². The molecule has 0 aromatic carbocycles. The lowest BCUT2D eigenvalue weighted by Crippen LogP contribution is -2.00. The van der Waals surface area contributed by atoms with Crippen LogP contribution in [0.2, 0.25) is 0 Å². The van der Waals surface area contributed by atoms with Crippen LogP contribution in [0.25, 0.3) is 0 Å². The fraction of sp³-hybridized carbons (Fsp3) is 0.818. The van der Waals surface area contributed by atoms with Gasteiger partial charge in [-0.2, -0.15) is 0 Å². The van der Waals surface area contributed by atoms with E-state index in [4.69, 9.17) is 0 Å². The summed E-state index contributed by atoms with van der Waals surface area (Å²) in [5.74, 6) is 0.851. The van der Waals surface area contributed by atoms with Gasteiger partial charge < -0.3 is 5.32 Å². The van der Waals surface area contributed by atoms with Crippen LogP contribution in [0.5, 0.6) is 0 Å². The molecule has 1 aromatic heterocycles. The zero-order valence-electron chi connectivity index (χ0n) is 9.70. The minimum atomic E-state index is 0.851. The van der Waals surface area contributed by atoms with Gasteiger partial charge in [0.15, 0.2) is 0 Å². The number of hydrogen-bond donors (Lipinski definition) is 1. The minimum Gasteiger partial charge on any atom is -0.360 e. The molecule has 0 fully saturated rings. The van der Waals surface area contributed by atoms with Crippen LogP contribution in [0.4, 0.5) is 5.13 Å². The molecule has 0 saturated heterocycles. The van der Waals surface area contributed by atoms with Crippen molar-refractivity contribution in [2.45, 2.75) is 46.0 Å². The molecular formula is C11H21N3S. The highest BCUT2D eigenvalue weighted by atomic mass is 32.1. The predicted molar refractivity (Wildman–Crippen MR) is 66.3 cm³/mol. The van der Waals surface area contributed by atoms with E-state index in [1.165, 1.54) is 32.1 Å². The number of rotatable bonds is 8. The summed E-state index contributed by atoms with van der Waals surface area (Å²) in [5.41, 5.74) is 1.75. The molecule has 1 aromatic rings. The molecule has 0 amide bonds. The van der Waals surface area contributed by atoms with Crippen molar-refractivity contribution in [3.63, 3.8) is 0 Å². The molecule has 3 nitrogen and oxygen atoms in total. The molecule has 0 atom stereocenters. The van der Waals surface area contributed by atoms with Gasteiger partial charge in [0.05, 0.1) is 0 Å². The summed E-state index contributed by atoms with van der Waals surface area (Å²) in [7, 11) is 0. The number of aromatic nitrogens is 2. The molecule has 0 spiro atoms. The van der Waals surface area contributed by atoms with E-state index < -0.39 is 0 Å². The fourth-order valence-electron chi connectivity index (χ4n) is 1.48. The van der Waals surface area contributed by atoms with E-state index in [0.29, 0.717) is 0 Å². The Kier molecular flexibility index (Phi) is 6.32. The smallest absolute Gasteiger partial charge is 0.205 e. The van der Waals surface area contributed by atoms with Crippen LogP contribution < -0.4 is 5.32 Å². The van der Waals surface area contributed by atoms with Crippen LogP contribution in [0.1, 0.15) is 46.0 Å². The Hall–Kier alpha value is -0.640. The highest BCUT2D eigenvalue weighted by molar-refractivity contribution is 7.13. The van der Waals surface area contributed by atoms with E-state index in [1.54, 1.807) is 16.8 Å². The molecule has 0 radical (unpaired) electrons. The van der Waals surface area contributed by atoms with Gasteiger partial charge in [-0.15, -0.1) is 10.2 Å². The zero-order chi connectivity index (χ0) is 10.9. The van der Waals surface area contributed by atoms with E-state index in [-0.39, 0.29) is 0 Å². The van der Waals surface area contributed by atoms with E-state index in [9.17, 15) is 0 Å². The first-order valence-electron chi connectivity index (χ1n) is 5.79. The number of anilines is 1.